The molecule has 0 aliphatic carbocycles. The Morgan fingerprint density at radius 1 is 1.26 bits per heavy atom. The van der Waals surface area contributed by atoms with Gasteiger partial charge in [-0.1, -0.05) is 6.07 Å². The van der Waals surface area contributed by atoms with Crippen LogP contribution in [0.5, 0.6) is 5.75 Å². The lowest BCUT2D eigenvalue weighted by Crippen LogP contribution is -2.21. The Labute approximate surface area is 111 Å². The van der Waals surface area contributed by atoms with Gasteiger partial charge >= 0.3 is 5.97 Å². The van der Waals surface area contributed by atoms with Crippen molar-refractivity contribution in [2.45, 2.75) is 20.4 Å². The average Bonchev–Trinajstić information content (AvgIpc) is 2.37. The van der Waals surface area contributed by atoms with Crippen molar-refractivity contribution in [2.75, 3.05) is 7.11 Å². The number of aliphatic carboxylic acids is 1. The largest absolute Gasteiger partial charge is 0.496 e. The first kappa shape index (κ1) is 14.8. The van der Waals surface area contributed by atoms with Gasteiger partial charge in [-0.2, -0.15) is 0 Å². The summed E-state index contributed by atoms with van der Waals surface area (Å²) in [5.41, 5.74) is 3.06. The standard InChI is InChI=1S/C14H17NO4/c1-9-6-11(12(19-3)7-10(9)2)8-15-13(16)4-5-14(17)18/h4-7H,8H2,1-3H3,(H,15,16)(H,17,18)/b5-4+. The van der Waals surface area contributed by atoms with Crippen molar-refractivity contribution in [1.82, 2.24) is 5.32 Å². The van der Waals surface area contributed by atoms with Crippen LogP contribution in [0.3, 0.4) is 0 Å². The molecule has 0 heterocycles. The zero-order valence-electron chi connectivity index (χ0n) is 11.2. The summed E-state index contributed by atoms with van der Waals surface area (Å²) < 4.78 is 5.25. The lowest BCUT2D eigenvalue weighted by Gasteiger charge is -2.12. The SMILES string of the molecule is COc1cc(C)c(C)cc1CNC(=O)/C=C/C(=O)O. The zero-order chi connectivity index (χ0) is 14.4. The first-order valence-electron chi connectivity index (χ1n) is 5.77. The van der Waals surface area contributed by atoms with Gasteiger partial charge in [0, 0.05) is 24.3 Å². The molecule has 0 aliphatic heterocycles. The van der Waals surface area contributed by atoms with Gasteiger partial charge in [0.2, 0.25) is 5.91 Å². The van der Waals surface area contributed by atoms with Crippen LogP contribution >= 0.6 is 0 Å². The molecule has 0 radical (unpaired) electrons. The molecule has 1 rings (SSSR count). The van der Waals surface area contributed by atoms with Crippen LogP contribution in [-0.4, -0.2) is 24.1 Å². The number of ether oxygens (including phenoxy) is 1. The minimum atomic E-state index is -1.15. The van der Waals surface area contributed by atoms with Crippen LogP contribution in [-0.2, 0) is 16.1 Å². The van der Waals surface area contributed by atoms with Crippen LogP contribution in [0.2, 0.25) is 0 Å². The van der Waals surface area contributed by atoms with Crippen LogP contribution < -0.4 is 10.1 Å². The summed E-state index contributed by atoms with van der Waals surface area (Å²) in [5.74, 6) is -0.910. The summed E-state index contributed by atoms with van der Waals surface area (Å²) in [6, 6.07) is 3.85. The number of carbonyl (C=O) groups excluding carboxylic acids is 1. The third-order valence-electron chi connectivity index (χ3n) is 2.73. The molecule has 0 saturated heterocycles. The number of aryl methyl sites for hydroxylation is 2. The predicted octanol–water partition coefficient (Wildman–Crippen LogP) is 1.57. The fourth-order valence-corrected chi connectivity index (χ4v) is 1.57. The lowest BCUT2D eigenvalue weighted by atomic mass is 10.0. The Hall–Kier alpha value is -2.30. The number of carboxylic acid groups (broad SMARTS) is 1. The summed E-state index contributed by atoms with van der Waals surface area (Å²) in [5, 5.41) is 11.0. The first-order chi connectivity index (χ1) is 8.93. The molecule has 102 valence electrons. The normalized spacial score (nSPS) is 10.5. The number of hydrogen-bond donors (Lipinski definition) is 2. The van der Waals surface area contributed by atoms with E-state index >= 15 is 0 Å². The van der Waals surface area contributed by atoms with E-state index in [-0.39, 0.29) is 6.54 Å². The molecule has 0 saturated carbocycles. The number of benzene rings is 1. The second kappa shape index (κ2) is 6.58. The minimum absolute atomic E-state index is 0.285. The van der Waals surface area contributed by atoms with Gasteiger partial charge in [-0.15, -0.1) is 0 Å². The van der Waals surface area contributed by atoms with E-state index in [2.05, 4.69) is 5.32 Å². The molecule has 0 aromatic heterocycles. The van der Waals surface area contributed by atoms with Crippen molar-refractivity contribution in [3.8, 4) is 5.75 Å². The Morgan fingerprint density at radius 3 is 2.47 bits per heavy atom. The van der Waals surface area contributed by atoms with Crippen molar-refractivity contribution >= 4 is 11.9 Å². The molecule has 0 fully saturated rings. The highest BCUT2D eigenvalue weighted by molar-refractivity contribution is 5.93. The third kappa shape index (κ3) is 4.46. The van der Waals surface area contributed by atoms with E-state index in [1.165, 1.54) is 0 Å². The van der Waals surface area contributed by atoms with Crippen LogP contribution in [0.25, 0.3) is 0 Å². The summed E-state index contributed by atoms with van der Waals surface area (Å²) in [4.78, 5) is 21.6. The lowest BCUT2D eigenvalue weighted by molar-refractivity contribution is -0.131. The van der Waals surface area contributed by atoms with Gasteiger partial charge < -0.3 is 15.2 Å². The molecule has 0 atom stereocenters. The number of nitrogens with one attached hydrogen (secondary N) is 1. The molecule has 0 spiro atoms. The minimum Gasteiger partial charge on any atom is -0.496 e. The van der Waals surface area contributed by atoms with E-state index in [0.29, 0.717) is 5.75 Å². The van der Waals surface area contributed by atoms with Gasteiger partial charge in [-0.25, -0.2) is 4.79 Å². The highest BCUT2D eigenvalue weighted by Gasteiger charge is 2.07. The number of hydrogen-bond acceptors (Lipinski definition) is 3. The molecule has 1 aromatic rings. The molecule has 5 nitrogen and oxygen atoms in total. The van der Waals surface area contributed by atoms with Crippen LogP contribution in [0.1, 0.15) is 16.7 Å². The van der Waals surface area contributed by atoms with Crippen molar-refractivity contribution in [1.29, 1.82) is 0 Å². The molecule has 0 unspecified atom stereocenters. The number of carbonyl (C=O) groups is 2. The van der Waals surface area contributed by atoms with E-state index in [1.807, 2.05) is 26.0 Å². The smallest absolute Gasteiger partial charge is 0.328 e. The van der Waals surface area contributed by atoms with E-state index < -0.39 is 11.9 Å². The maximum absolute atomic E-state index is 11.4. The summed E-state index contributed by atoms with van der Waals surface area (Å²) in [6.07, 6.45) is 1.78. The van der Waals surface area contributed by atoms with Crippen molar-refractivity contribution in [3.05, 3.63) is 41.0 Å². The number of carboxylic acids is 1. The molecular weight excluding hydrogens is 246 g/mol. The number of amides is 1. The quantitative estimate of drug-likeness (QED) is 0.791. The maximum atomic E-state index is 11.4. The van der Waals surface area contributed by atoms with Crippen molar-refractivity contribution < 1.29 is 19.4 Å². The summed E-state index contributed by atoms with van der Waals surface area (Å²) in [7, 11) is 1.57. The Bertz CT molecular complexity index is 520. The second-order valence-electron chi connectivity index (χ2n) is 4.14. The monoisotopic (exact) mass is 263 g/mol. The van der Waals surface area contributed by atoms with Gasteiger partial charge in [-0.3, -0.25) is 4.79 Å². The van der Waals surface area contributed by atoms with E-state index in [4.69, 9.17) is 9.84 Å². The van der Waals surface area contributed by atoms with Crippen molar-refractivity contribution in [3.63, 3.8) is 0 Å². The third-order valence-corrected chi connectivity index (χ3v) is 2.73. The molecule has 19 heavy (non-hydrogen) atoms. The van der Waals surface area contributed by atoms with Gasteiger partial charge in [0.1, 0.15) is 5.75 Å². The Morgan fingerprint density at radius 2 is 1.89 bits per heavy atom. The van der Waals surface area contributed by atoms with Gasteiger partial charge in [0.15, 0.2) is 0 Å². The average molecular weight is 263 g/mol. The Kier molecular flexibility index (Phi) is 5.11. The van der Waals surface area contributed by atoms with Gasteiger partial charge in [0.25, 0.3) is 0 Å². The molecule has 5 heteroatoms. The fourth-order valence-electron chi connectivity index (χ4n) is 1.57. The number of methoxy groups -OCH3 is 1. The Balaban J connectivity index is 2.75. The second-order valence-corrected chi connectivity index (χ2v) is 4.14. The highest BCUT2D eigenvalue weighted by Crippen LogP contribution is 2.22. The fraction of sp³-hybridized carbons (Fsp3) is 0.286. The maximum Gasteiger partial charge on any atom is 0.328 e. The molecular formula is C14H17NO4. The molecule has 1 amide bonds. The van der Waals surface area contributed by atoms with E-state index in [9.17, 15) is 9.59 Å². The van der Waals surface area contributed by atoms with E-state index in [1.54, 1.807) is 7.11 Å². The van der Waals surface area contributed by atoms with E-state index in [0.717, 1.165) is 28.8 Å². The molecule has 0 bridgehead atoms. The first-order valence-corrected chi connectivity index (χ1v) is 5.77. The van der Waals surface area contributed by atoms with Crippen molar-refractivity contribution in [2.24, 2.45) is 0 Å². The van der Waals surface area contributed by atoms with Gasteiger partial charge in [-0.05, 0) is 31.0 Å². The van der Waals surface area contributed by atoms with Crippen LogP contribution in [0, 0.1) is 13.8 Å². The zero-order valence-corrected chi connectivity index (χ0v) is 11.2. The predicted molar refractivity (Wildman–Crippen MR) is 71.1 cm³/mol. The number of rotatable bonds is 5. The van der Waals surface area contributed by atoms with Gasteiger partial charge in [0.05, 0.1) is 7.11 Å². The van der Waals surface area contributed by atoms with Crippen LogP contribution in [0.4, 0.5) is 0 Å². The topological polar surface area (TPSA) is 75.6 Å². The molecule has 2 N–H and O–H groups in total. The molecule has 0 aliphatic rings. The van der Waals surface area contributed by atoms with Crippen LogP contribution in [0.15, 0.2) is 24.3 Å². The highest BCUT2D eigenvalue weighted by atomic mass is 16.5. The molecule has 1 aromatic carbocycles. The summed E-state index contributed by atoms with van der Waals surface area (Å²) >= 11 is 0. The summed E-state index contributed by atoms with van der Waals surface area (Å²) in [6.45, 7) is 4.24.